The molecule has 0 radical (unpaired) electrons. The number of hydrogen-bond acceptors (Lipinski definition) is 0. The molecule has 0 aliphatic heterocycles. The van der Waals surface area contributed by atoms with E-state index >= 15 is 0 Å². The van der Waals surface area contributed by atoms with Crippen LogP contribution in [0.15, 0.2) is 29.8 Å². The van der Waals surface area contributed by atoms with E-state index in [2.05, 4.69) is 6.92 Å². The first-order chi connectivity index (χ1) is 13.2. The van der Waals surface area contributed by atoms with Gasteiger partial charge in [-0.25, -0.2) is 13.2 Å². The monoisotopic (exact) mass is 408 g/mol. The molecule has 0 saturated carbocycles. The standard InChI is InChI=1S/C24H28ClF3/c1-6-8-9-18(20-13-21(25)22(26)12-17(20)7-2)15(4)16(5)19-11-10-14(3)23(27)24(19)28/h10-13,16H,6-9H2,1-5H3/b18-15+. The Kier molecular flexibility index (Phi) is 7.77. The van der Waals surface area contributed by atoms with E-state index < -0.39 is 17.5 Å². The molecule has 2 aromatic rings. The predicted molar refractivity (Wildman–Crippen MR) is 112 cm³/mol. The van der Waals surface area contributed by atoms with Crippen LogP contribution in [-0.4, -0.2) is 0 Å². The first-order valence-corrected chi connectivity index (χ1v) is 10.2. The van der Waals surface area contributed by atoms with Crippen molar-refractivity contribution in [1.29, 1.82) is 0 Å². The van der Waals surface area contributed by atoms with Crippen LogP contribution < -0.4 is 0 Å². The third kappa shape index (κ3) is 4.63. The van der Waals surface area contributed by atoms with E-state index in [1.54, 1.807) is 25.1 Å². The van der Waals surface area contributed by atoms with Crippen LogP contribution in [0.3, 0.4) is 0 Å². The van der Waals surface area contributed by atoms with Crippen molar-refractivity contribution < 1.29 is 13.2 Å². The Morgan fingerprint density at radius 1 is 1.07 bits per heavy atom. The van der Waals surface area contributed by atoms with Gasteiger partial charge in [0.25, 0.3) is 0 Å². The van der Waals surface area contributed by atoms with Gasteiger partial charge in [0, 0.05) is 5.92 Å². The van der Waals surface area contributed by atoms with E-state index in [4.69, 9.17) is 11.6 Å². The summed E-state index contributed by atoms with van der Waals surface area (Å²) in [5.74, 6) is -2.34. The number of benzene rings is 2. The Morgan fingerprint density at radius 2 is 1.75 bits per heavy atom. The summed E-state index contributed by atoms with van der Waals surface area (Å²) in [5, 5.41) is 0.0780. The predicted octanol–water partition coefficient (Wildman–Crippen LogP) is 8.40. The quantitative estimate of drug-likeness (QED) is 0.431. The summed E-state index contributed by atoms with van der Waals surface area (Å²) >= 11 is 6.08. The molecule has 28 heavy (non-hydrogen) atoms. The van der Waals surface area contributed by atoms with Gasteiger partial charge in [-0.2, -0.15) is 0 Å². The van der Waals surface area contributed by atoms with E-state index in [9.17, 15) is 13.2 Å². The second kappa shape index (κ2) is 9.65. The molecule has 4 heteroatoms. The molecule has 152 valence electrons. The smallest absolute Gasteiger partial charge is 0.162 e. The molecule has 0 N–H and O–H groups in total. The molecule has 0 heterocycles. The molecule has 0 nitrogen and oxygen atoms in total. The second-order valence-corrected chi connectivity index (χ2v) is 7.77. The fourth-order valence-corrected chi connectivity index (χ4v) is 3.71. The molecule has 0 aliphatic carbocycles. The summed E-state index contributed by atoms with van der Waals surface area (Å²) in [7, 11) is 0. The minimum absolute atomic E-state index is 0.0780. The van der Waals surface area contributed by atoms with E-state index in [-0.39, 0.29) is 10.9 Å². The number of halogens is 4. The van der Waals surface area contributed by atoms with Crippen LogP contribution in [0.5, 0.6) is 0 Å². The maximum Gasteiger partial charge on any atom is 0.162 e. The van der Waals surface area contributed by atoms with E-state index in [0.29, 0.717) is 17.5 Å². The summed E-state index contributed by atoms with van der Waals surface area (Å²) in [6.07, 6.45) is 3.38. The molecule has 1 atom stereocenters. The first kappa shape index (κ1) is 22.5. The Morgan fingerprint density at radius 3 is 2.36 bits per heavy atom. The molecule has 0 bridgehead atoms. The average molecular weight is 409 g/mol. The second-order valence-electron chi connectivity index (χ2n) is 7.36. The third-order valence-electron chi connectivity index (χ3n) is 5.53. The van der Waals surface area contributed by atoms with Crippen molar-refractivity contribution in [2.75, 3.05) is 0 Å². The molecule has 0 amide bonds. The normalized spacial score (nSPS) is 13.5. The van der Waals surface area contributed by atoms with Gasteiger partial charge in [-0.3, -0.25) is 0 Å². The molecular formula is C24H28ClF3. The zero-order valence-corrected chi connectivity index (χ0v) is 18.0. The van der Waals surface area contributed by atoms with Gasteiger partial charge in [-0.05, 0) is 73.1 Å². The highest BCUT2D eigenvalue weighted by Crippen LogP contribution is 2.37. The molecular weight excluding hydrogens is 381 g/mol. The topological polar surface area (TPSA) is 0 Å². The van der Waals surface area contributed by atoms with Gasteiger partial charge in [0.2, 0.25) is 0 Å². The fraction of sp³-hybridized carbons (Fsp3) is 0.417. The van der Waals surface area contributed by atoms with E-state index in [1.807, 2.05) is 20.8 Å². The number of hydrogen-bond donors (Lipinski definition) is 0. The van der Waals surface area contributed by atoms with Crippen LogP contribution in [0, 0.1) is 24.4 Å². The number of allylic oxidation sites excluding steroid dienone is 2. The molecule has 2 rings (SSSR count). The van der Waals surface area contributed by atoms with Crippen LogP contribution >= 0.6 is 11.6 Å². The van der Waals surface area contributed by atoms with Gasteiger partial charge in [-0.1, -0.05) is 56.5 Å². The van der Waals surface area contributed by atoms with Gasteiger partial charge in [0.05, 0.1) is 5.02 Å². The van der Waals surface area contributed by atoms with Gasteiger partial charge < -0.3 is 0 Å². The molecule has 2 aromatic carbocycles. The minimum Gasteiger partial charge on any atom is -0.205 e. The highest BCUT2D eigenvalue weighted by molar-refractivity contribution is 6.31. The Balaban J connectivity index is 2.65. The van der Waals surface area contributed by atoms with Crippen molar-refractivity contribution in [3.05, 3.63) is 74.6 Å². The van der Waals surface area contributed by atoms with Crippen LogP contribution in [-0.2, 0) is 6.42 Å². The Hall–Kier alpha value is -1.74. The van der Waals surface area contributed by atoms with Crippen LogP contribution in [0.4, 0.5) is 13.2 Å². The number of unbranched alkanes of at least 4 members (excludes halogenated alkanes) is 1. The van der Waals surface area contributed by atoms with E-state index in [0.717, 1.165) is 41.5 Å². The third-order valence-corrected chi connectivity index (χ3v) is 5.82. The highest BCUT2D eigenvalue weighted by atomic mass is 35.5. The summed E-state index contributed by atoms with van der Waals surface area (Å²) in [6.45, 7) is 9.45. The largest absolute Gasteiger partial charge is 0.205 e. The zero-order chi connectivity index (χ0) is 21.0. The Labute approximate surface area is 171 Å². The minimum atomic E-state index is -0.800. The molecule has 0 spiro atoms. The van der Waals surface area contributed by atoms with Crippen molar-refractivity contribution in [2.24, 2.45) is 0 Å². The van der Waals surface area contributed by atoms with Crippen molar-refractivity contribution in [2.45, 2.75) is 66.2 Å². The van der Waals surface area contributed by atoms with Crippen molar-refractivity contribution in [1.82, 2.24) is 0 Å². The van der Waals surface area contributed by atoms with Crippen LogP contribution in [0.2, 0.25) is 5.02 Å². The summed E-state index contributed by atoms with van der Waals surface area (Å²) < 4.78 is 42.7. The Bertz CT molecular complexity index is 884. The lowest BCUT2D eigenvalue weighted by molar-refractivity contribution is 0.490. The lowest BCUT2D eigenvalue weighted by atomic mass is 9.83. The summed E-state index contributed by atoms with van der Waals surface area (Å²) in [6, 6.07) is 6.41. The fourth-order valence-electron chi connectivity index (χ4n) is 3.55. The maximum atomic E-state index is 14.6. The molecule has 0 fully saturated rings. The first-order valence-electron chi connectivity index (χ1n) is 9.85. The number of aryl methyl sites for hydroxylation is 2. The summed E-state index contributed by atoms with van der Waals surface area (Å²) in [5.41, 5.74) is 4.39. The summed E-state index contributed by atoms with van der Waals surface area (Å²) in [4.78, 5) is 0. The molecule has 1 unspecified atom stereocenters. The van der Waals surface area contributed by atoms with Crippen LogP contribution in [0.1, 0.15) is 75.1 Å². The average Bonchev–Trinajstić information content (AvgIpc) is 2.68. The van der Waals surface area contributed by atoms with Gasteiger partial charge in [0.1, 0.15) is 5.82 Å². The lowest BCUT2D eigenvalue weighted by Crippen LogP contribution is -2.06. The molecule has 0 aliphatic rings. The van der Waals surface area contributed by atoms with Crippen molar-refractivity contribution >= 4 is 17.2 Å². The maximum absolute atomic E-state index is 14.6. The molecule has 0 aromatic heterocycles. The zero-order valence-electron chi connectivity index (χ0n) is 17.2. The SMILES string of the molecule is CCCC/C(=C(/C)C(C)c1ccc(C)c(F)c1F)c1cc(Cl)c(F)cc1CC. The van der Waals surface area contributed by atoms with Crippen molar-refractivity contribution in [3.63, 3.8) is 0 Å². The van der Waals surface area contributed by atoms with Crippen molar-refractivity contribution in [3.8, 4) is 0 Å². The van der Waals surface area contributed by atoms with Gasteiger partial charge in [-0.15, -0.1) is 0 Å². The van der Waals surface area contributed by atoms with Gasteiger partial charge in [0.15, 0.2) is 11.6 Å². The highest BCUT2D eigenvalue weighted by Gasteiger charge is 2.21. The van der Waals surface area contributed by atoms with E-state index in [1.165, 1.54) is 6.07 Å². The lowest BCUT2D eigenvalue weighted by Gasteiger charge is -2.22. The van der Waals surface area contributed by atoms with Gasteiger partial charge >= 0.3 is 0 Å². The molecule has 0 saturated heterocycles. The number of rotatable bonds is 7. The van der Waals surface area contributed by atoms with Crippen LogP contribution in [0.25, 0.3) is 5.57 Å².